The molecule has 0 saturated heterocycles. The van der Waals surface area contributed by atoms with Crippen LogP contribution in [0.15, 0.2) is 28.7 Å². The lowest BCUT2D eigenvalue weighted by molar-refractivity contribution is -0.446. The van der Waals surface area contributed by atoms with Crippen molar-refractivity contribution in [2.24, 2.45) is 0 Å². The highest BCUT2D eigenvalue weighted by atomic mass is 79.9. The van der Waals surface area contributed by atoms with Gasteiger partial charge in [-0.15, -0.1) is 0 Å². The van der Waals surface area contributed by atoms with Crippen LogP contribution in [0.2, 0.25) is 0 Å². The maximum absolute atomic E-state index is 4.17. The molecule has 1 aromatic carbocycles. The SMILES string of the molecule is [NH3+]C1(c2cccc(Br)c2)CC1. The second-order valence-corrected chi connectivity index (χ2v) is 4.21. The molecule has 0 atom stereocenters. The topological polar surface area (TPSA) is 27.6 Å². The van der Waals surface area contributed by atoms with Crippen molar-refractivity contribution in [3.8, 4) is 0 Å². The maximum atomic E-state index is 4.17. The van der Waals surface area contributed by atoms with Crippen LogP contribution in [0, 0.1) is 0 Å². The van der Waals surface area contributed by atoms with Crippen molar-refractivity contribution in [1.29, 1.82) is 0 Å². The molecule has 0 aliphatic heterocycles. The quantitative estimate of drug-likeness (QED) is 0.735. The monoisotopic (exact) mass is 212 g/mol. The zero-order chi connectivity index (χ0) is 7.90. The van der Waals surface area contributed by atoms with E-state index in [1.54, 1.807) is 0 Å². The van der Waals surface area contributed by atoms with Gasteiger partial charge < -0.3 is 5.73 Å². The summed E-state index contributed by atoms with van der Waals surface area (Å²) in [7, 11) is 0. The van der Waals surface area contributed by atoms with Crippen LogP contribution in [0.25, 0.3) is 0 Å². The van der Waals surface area contributed by atoms with Gasteiger partial charge >= 0.3 is 0 Å². The van der Waals surface area contributed by atoms with E-state index in [-0.39, 0.29) is 5.54 Å². The van der Waals surface area contributed by atoms with Crippen LogP contribution < -0.4 is 5.73 Å². The fourth-order valence-corrected chi connectivity index (χ4v) is 1.66. The van der Waals surface area contributed by atoms with Gasteiger partial charge in [-0.25, -0.2) is 0 Å². The molecule has 1 aromatic rings. The number of rotatable bonds is 1. The first-order valence-electron chi connectivity index (χ1n) is 3.82. The molecule has 2 heteroatoms. The highest BCUT2D eigenvalue weighted by Crippen LogP contribution is 2.40. The molecule has 58 valence electrons. The molecule has 1 saturated carbocycles. The Labute approximate surface area is 74.7 Å². The van der Waals surface area contributed by atoms with Crippen LogP contribution in [-0.4, -0.2) is 0 Å². The summed E-state index contributed by atoms with van der Waals surface area (Å²) in [6.07, 6.45) is 2.48. The predicted molar refractivity (Wildman–Crippen MR) is 47.9 cm³/mol. The molecule has 0 unspecified atom stereocenters. The number of quaternary nitrogens is 1. The smallest absolute Gasteiger partial charge is 0.121 e. The molecule has 1 aliphatic carbocycles. The first-order valence-corrected chi connectivity index (χ1v) is 4.61. The summed E-state index contributed by atoms with van der Waals surface area (Å²) in [6, 6.07) is 8.45. The Hall–Kier alpha value is -0.340. The number of hydrogen-bond donors (Lipinski definition) is 1. The van der Waals surface area contributed by atoms with Gasteiger partial charge in [0.15, 0.2) is 0 Å². The van der Waals surface area contributed by atoms with E-state index in [1.807, 2.05) is 0 Å². The van der Waals surface area contributed by atoms with Crippen molar-refractivity contribution in [2.45, 2.75) is 18.4 Å². The summed E-state index contributed by atoms with van der Waals surface area (Å²) in [4.78, 5) is 0. The predicted octanol–water partition coefficient (Wildman–Crippen LogP) is 1.68. The lowest BCUT2D eigenvalue weighted by Crippen LogP contribution is -2.61. The Balaban J connectivity index is 2.38. The van der Waals surface area contributed by atoms with Crippen molar-refractivity contribution in [2.75, 3.05) is 0 Å². The van der Waals surface area contributed by atoms with Gasteiger partial charge in [-0.05, 0) is 12.1 Å². The molecule has 0 aromatic heterocycles. The summed E-state index contributed by atoms with van der Waals surface area (Å²) in [6.45, 7) is 0. The third kappa shape index (κ3) is 1.33. The average molecular weight is 213 g/mol. The van der Waals surface area contributed by atoms with Crippen LogP contribution in [0.3, 0.4) is 0 Å². The van der Waals surface area contributed by atoms with Crippen LogP contribution in [0.4, 0.5) is 0 Å². The number of benzene rings is 1. The Morgan fingerprint density at radius 2 is 2.09 bits per heavy atom. The molecule has 0 amide bonds. The fourth-order valence-electron chi connectivity index (χ4n) is 1.26. The van der Waals surface area contributed by atoms with Crippen molar-refractivity contribution < 1.29 is 5.73 Å². The first kappa shape index (κ1) is 7.32. The van der Waals surface area contributed by atoms with Gasteiger partial charge in [0.1, 0.15) is 5.54 Å². The van der Waals surface area contributed by atoms with E-state index in [1.165, 1.54) is 18.4 Å². The first-order chi connectivity index (χ1) is 5.21. The normalized spacial score (nSPS) is 19.8. The summed E-state index contributed by atoms with van der Waals surface area (Å²) in [5, 5.41) is 0. The van der Waals surface area contributed by atoms with Crippen molar-refractivity contribution in [3.63, 3.8) is 0 Å². The Morgan fingerprint density at radius 1 is 1.36 bits per heavy atom. The Bertz CT molecular complexity index is 279. The lowest BCUT2D eigenvalue weighted by atomic mass is 10.1. The minimum Gasteiger partial charge on any atom is -0.349 e. The average Bonchev–Trinajstić information content (AvgIpc) is 2.70. The standard InChI is InChI=1S/C9H10BrN/c10-8-3-1-2-7(6-8)9(11)4-5-9/h1-3,6H,4-5,11H2/p+1. The summed E-state index contributed by atoms with van der Waals surface area (Å²) in [5.41, 5.74) is 5.79. The van der Waals surface area contributed by atoms with Crippen molar-refractivity contribution >= 4 is 15.9 Å². The molecule has 0 radical (unpaired) electrons. The molecular weight excluding hydrogens is 202 g/mol. The molecule has 1 fully saturated rings. The third-order valence-electron chi connectivity index (χ3n) is 2.29. The second kappa shape index (κ2) is 2.32. The van der Waals surface area contributed by atoms with E-state index >= 15 is 0 Å². The summed E-state index contributed by atoms with van der Waals surface area (Å²) >= 11 is 3.45. The van der Waals surface area contributed by atoms with Crippen molar-refractivity contribution in [1.82, 2.24) is 0 Å². The molecular formula is C9H11BrN+. The molecule has 0 bridgehead atoms. The minimum absolute atomic E-state index is 0.254. The van der Waals surface area contributed by atoms with E-state index in [2.05, 4.69) is 45.9 Å². The zero-order valence-corrected chi connectivity index (χ0v) is 7.89. The van der Waals surface area contributed by atoms with Crippen LogP contribution >= 0.6 is 15.9 Å². The van der Waals surface area contributed by atoms with E-state index in [4.69, 9.17) is 0 Å². The Morgan fingerprint density at radius 3 is 2.64 bits per heavy atom. The van der Waals surface area contributed by atoms with E-state index < -0.39 is 0 Å². The van der Waals surface area contributed by atoms with Gasteiger partial charge in [-0.1, -0.05) is 28.1 Å². The van der Waals surface area contributed by atoms with E-state index in [9.17, 15) is 0 Å². The van der Waals surface area contributed by atoms with Crippen molar-refractivity contribution in [3.05, 3.63) is 34.3 Å². The second-order valence-electron chi connectivity index (χ2n) is 3.29. The van der Waals surface area contributed by atoms with Crippen LogP contribution in [0.5, 0.6) is 0 Å². The Kier molecular flexibility index (Phi) is 1.55. The summed E-state index contributed by atoms with van der Waals surface area (Å²) in [5.74, 6) is 0. The zero-order valence-electron chi connectivity index (χ0n) is 6.31. The molecule has 1 aliphatic rings. The van der Waals surface area contributed by atoms with E-state index in [0.717, 1.165) is 4.47 Å². The fraction of sp³-hybridized carbons (Fsp3) is 0.333. The highest BCUT2D eigenvalue weighted by Gasteiger charge is 2.44. The largest absolute Gasteiger partial charge is 0.349 e. The molecule has 3 N–H and O–H groups in total. The van der Waals surface area contributed by atoms with Gasteiger partial charge in [-0.2, -0.15) is 0 Å². The highest BCUT2D eigenvalue weighted by molar-refractivity contribution is 9.10. The number of hydrogen-bond acceptors (Lipinski definition) is 0. The molecule has 11 heavy (non-hydrogen) atoms. The van der Waals surface area contributed by atoms with Gasteiger partial charge in [0.25, 0.3) is 0 Å². The van der Waals surface area contributed by atoms with Gasteiger partial charge in [-0.3, -0.25) is 0 Å². The van der Waals surface area contributed by atoms with Crippen LogP contribution in [0.1, 0.15) is 18.4 Å². The lowest BCUT2D eigenvalue weighted by Gasteiger charge is -2.04. The molecule has 2 rings (SSSR count). The number of halogens is 1. The van der Waals surface area contributed by atoms with Gasteiger partial charge in [0, 0.05) is 22.9 Å². The minimum atomic E-state index is 0.254. The van der Waals surface area contributed by atoms with Gasteiger partial charge in [0.05, 0.1) is 0 Å². The third-order valence-corrected chi connectivity index (χ3v) is 2.78. The summed E-state index contributed by atoms with van der Waals surface area (Å²) < 4.78 is 1.16. The van der Waals surface area contributed by atoms with Gasteiger partial charge in [0.2, 0.25) is 0 Å². The van der Waals surface area contributed by atoms with Crippen LogP contribution in [-0.2, 0) is 5.54 Å². The molecule has 1 nitrogen and oxygen atoms in total. The molecule has 0 spiro atoms. The maximum Gasteiger partial charge on any atom is 0.121 e. The molecule has 0 heterocycles. The van der Waals surface area contributed by atoms with E-state index in [0.29, 0.717) is 0 Å².